The van der Waals surface area contributed by atoms with Crippen molar-refractivity contribution in [1.82, 2.24) is 4.72 Å². The third-order valence-corrected chi connectivity index (χ3v) is 4.48. The van der Waals surface area contributed by atoms with Gasteiger partial charge in [0.25, 0.3) is 0 Å². The molecule has 0 aliphatic carbocycles. The smallest absolute Gasteiger partial charge is 0.240 e. The van der Waals surface area contributed by atoms with E-state index in [4.69, 9.17) is 22.1 Å². The molecule has 0 unspecified atom stereocenters. The van der Waals surface area contributed by atoms with Gasteiger partial charge in [0.1, 0.15) is 0 Å². The highest BCUT2D eigenvalue weighted by Crippen LogP contribution is 2.19. The lowest BCUT2D eigenvalue weighted by atomic mass is 10.2. The maximum absolute atomic E-state index is 12.1. The van der Waals surface area contributed by atoms with Gasteiger partial charge in [-0.3, -0.25) is 0 Å². The van der Waals surface area contributed by atoms with Gasteiger partial charge in [0.2, 0.25) is 10.0 Å². The number of sulfonamides is 1. The molecule has 0 saturated heterocycles. The van der Waals surface area contributed by atoms with E-state index in [-0.39, 0.29) is 11.4 Å². The number of hydrogen-bond donors (Lipinski definition) is 2. The number of ether oxygens (including phenoxy) is 1. The second kappa shape index (κ2) is 8.59. The van der Waals surface area contributed by atoms with E-state index in [1.165, 1.54) is 12.1 Å². The lowest BCUT2D eigenvalue weighted by Crippen LogP contribution is -2.25. The van der Waals surface area contributed by atoms with Crippen LogP contribution < -0.4 is 10.5 Å². The maximum Gasteiger partial charge on any atom is 0.240 e. The van der Waals surface area contributed by atoms with Gasteiger partial charge in [0.15, 0.2) is 0 Å². The van der Waals surface area contributed by atoms with E-state index in [9.17, 15) is 8.42 Å². The van der Waals surface area contributed by atoms with Crippen molar-refractivity contribution in [1.29, 1.82) is 0 Å². The quantitative estimate of drug-likeness (QED) is 0.681. The van der Waals surface area contributed by atoms with E-state index < -0.39 is 10.0 Å². The van der Waals surface area contributed by atoms with Gasteiger partial charge in [-0.05, 0) is 36.6 Å². The second-order valence-electron chi connectivity index (χ2n) is 4.32. The maximum atomic E-state index is 12.1. The molecule has 0 saturated carbocycles. The summed E-state index contributed by atoms with van der Waals surface area (Å²) in [6.45, 7) is 3.81. The fraction of sp³-hybridized carbons (Fsp3) is 0.538. The van der Waals surface area contributed by atoms with Crippen molar-refractivity contribution in [3.63, 3.8) is 0 Å². The summed E-state index contributed by atoms with van der Waals surface area (Å²) in [4.78, 5) is 0.178. The SMILES string of the molecule is CCCOCCCNS(=O)(=O)c1ccc(Cl)c(CN)c1. The van der Waals surface area contributed by atoms with Crippen molar-refractivity contribution in [2.45, 2.75) is 31.2 Å². The van der Waals surface area contributed by atoms with Crippen LogP contribution in [-0.2, 0) is 21.3 Å². The first-order chi connectivity index (χ1) is 9.51. The molecule has 0 amide bonds. The second-order valence-corrected chi connectivity index (χ2v) is 6.50. The molecule has 0 heterocycles. The number of hydrogen-bond acceptors (Lipinski definition) is 4. The van der Waals surface area contributed by atoms with E-state index in [0.717, 1.165) is 6.42 Å². The van der Waals surface area contributed by atoms with Crippen LogP contribution in [-0.4, -0.2) is 28.2 Å². The Morgan fingerprint density at radius 1 is 1.35 bits per heavy atom. The summed E-state index contributed by atoms with van der Waals surface area (Å²) in [5.41, 5.74) is 6.13. The largest absolute Gasteiger partial charge is 0.381 e. The summed E-state index contributed by atoms with van der Waals surface area (Å²) in [6.07, 6.45) is 1.59. The van der Waals surface area contributed by atoms with Crippen molar-refractivity contribution in [2.24, 2.45) is 5.73 Å². The average molecular weight is 321 g/mol. The Hall–Kier alpha value is -0.660. The standard InChI is InChI=1S/C13H21ClN2O3S/c1-2-7-19-8-3-6-16-20(17,18)12-4-5-13(14)11(9-12)10-15/h4-5,9,16H,2-3,6-8,10,15H2,1H3. The van der Waals surface area contributed by atoms with E-state index >= 15 is 0 Å². The van der Waals surface area contributed by atoms with Gasteiger partial charge >= 0.3 is 0 Å². The summed E-state index contributed by atoms with van der Waals surface area (Å²) >= 11 is 5.91. The van der Waals surface area contributed by atoms with Gasteiger partial charge in [-0.25, -0.2) is 13.1 Å². The van der Waals surface area contributed by atoms with E-state index in [2.05, 4.69) is 4.72 Å². The molecule has 1 rings (SSSR count). The Labute approximate surface area is 125 Å². The molecule has 0 aliphatic rings. The van der Waals surface area contributed by atoms with Gasteiger partial charge in [-0.1, -0.05) is 18.5 Å². The zero-order chi connectivity index (χ0) is 15.0. The number of halogens is 1. The minimum Gasteiger partial charge on any atom is -0.381 e. The summed E-state index contributed by atoms with van der Waals surface area (Å²) in [7, 11) is -3.52. The topological polar surface area (TPSA) is 81.4 Å². The van der Waals surface area contributed by atoms with Crippen LogP contribution in [0.4, 0.5) is 0 Å². The van der Waals surface area contributed by atoms with E-state index in [0.29, 0.717) is 36.8 Å². The van der Waals surface area contributed by atoms with Crippen molar-refractivity contribution in [2.75, 3.05) is 19.8 Å². The molecule has 114 valence electrons. The first-order valence-corrected chi connectivity index (χ1v) is 8.43. The van der Waals surface area contributed by atoms with Crippen LogP contribution in [0.25, 0.3) is 0 Å². The van der Waals surface area contributed by atoms with Crippen molar-refractivity contribution in [3.05, 3.63) is 28.8 Å². The molecule has 0 aromatic heterocycles. The lowest BCUT2D eigenvalue weighted by molar-refractivity contribution is 0.133. The van der Waals surface area contributed by atoms with E-state index in [1.807, 2.05) is 6.92 Å². The van der Waals surface area contributed by atoms with Crippen LogP contribution in [0.3, 0.4) is 0 Å². The predicted octanol–water partition coefficient (Wildman–Crippen LogP) is 1.89. The molecule has 1 aromatic carbocycles. The molecule has 20 heavy (non-hydrogen) atoms. The van der Waals surface area contributed by atoms with E-state index in [1.54, 1.807) is 6.07 Å². The normalized spacial score (nSPS) is 11.8. The molecule has 0 radical (unpaired) electrons. The predicted molar refractivity (Wildman–Crippen MR) is 80.3 cm³/mol. The minimum atomic E-state index is -3.52. The molecule has 0 aliphatic heterocycles. The zero-order valence-electron chi connectivity index (χ0n) is 11.6. The van der Waals surface area contributed by atoms with Crippen LogP contribution in [0.2, 0.25) is 5.02 Å². The van der Waals surface area contributed by atoms with Crippen molar-refractivity contribution in [3.8, 4) is 0 Å². The first kappa shape index (κ1) is 17.4. The molecule has 0 atom stereocenters. The molecule has 0 fully saturated rings. The Morgan fingerprint density at radius 3 is 2.75 bits per heavy atom. The van der Waals surface area contributed by atoms with Gasteiger partial charge in [-0.2, -0.15) is 0 Å². The summed E-state index contributed by atoms with van der Waals surface area (Å²) < 4.78 is 31.9. The number of nitrogens with one attached hydrogen (secondary N) is 1. The Balaban J connectivity index is 2.56. The average Bonchev–Trinajstić information content (AvgIpc) is 2.43. The van der Waals surface area contributed by atoms with Crippen molar-refractivity contribution < 1.29 is 13.2 Å². The van der Waals surface area contributed by atoms with Gasteiger partial charge < -0.3 is 10.5 Å². The molecule has 0 spiro atoms. The third-order valence-electron chi connectivity index (χ3n) is 2.65. The molecule has 3 N–H and O–H groups in total. The third kappa shape index (κ3) is 5.38. The highest BCUT2D eigenvalue weighted by Gasteiger charge is 2.14. The van der Waals surface area contributed by atoms with Crippen LogP contribution in [0, 0.1) is 0 Å². The number of benzene rings is 1. The van der Waals surface area contributed by atoms with Crippen LogP contribution in [0.5, 0.6) is 0 Å². The molecule has 1 aromatic rings. The monoisotopic (exact) mass is 320 g/mol. The zero-order valence-corrected chi connectivity index (χ0v) is 13.1. The van der Waals surface area contributed by atoms with Crippen LogP contribution in [0.15, 0.2) is 23.1 Å². The summed E-state index contributed by atoms with van der Waals surface area (Å²) in [6, 6.07) is 4.51. The van der Waals surface area contributed by atoms with Gasteiger partial charge in [0.05, 0.1) is 4.90 Å². The summed E-state index contributed by atoms with van der Waals surface area (Å²) in [5, 5.41) is 0.472. The molecular formula is C13H21ClN2O3S. The minimum absolute atomic E-state index is 0.178. The van der Waals surface area contributed by atoms with Gasteiger partial charge in [-0.15, -0.1) is 0 Å². The fourth-order valence-electron chi connectivity index (χ4n) is 1.59. The van der Waals surface area contributed by atoms with Gasteiger partial charge in [0, 0.05) is 31.3 Å². The molecule has 0 bridgehead atoms. The number of rotatable bonds is 9. The lowest BCUT2D eigenvalue weighted by Gasteiger charge is -2.09. The Bertz CT molecular complexity index is 520. The highest BCUT2D eigenvalue weighted by molar-refractivity contribution is 7.89. The van der Waals surface area contributed by atoms with Crippen LogP contribution in [0.1, 0.15) is 25.3 Å². The Kier molecular flexibility index (Phi) is 7.47. The number of nitrogens with two attached hydrogens (primary N) is 1. The fourth-order valence-corrected chi connectivity index (χ4v) is 2.90. The molecule has 7 heteroatoms. The Morgan fingerprint density at radius 2 is 2.10 bits per heavy atom. The summed E-state index contributed by atoms with van der Waals surface area (Å²) in [5.74, 6) is 0. The van der Waals surface area contributed by atoms with Crippen molar-refractivity contribution >= 4 is 21.6 Å². The molecular weight excluding hydrogens is 300 g/mol. The molecule has 5 nitrogen and oxygen atoms in total. The highest BCUT2D eigenvalue weighted by atomic mass is 35.5. The van der Waals surface area contributed by atoms with Crippen LogP contribution >= 0.6 is 11.6 Å². The first-order valence-electron chi connectivity index (χ1n) is 6.57.